The first kappa shape index (κ1) is 20.6. The van der Waals surface area contributed by atoms with E-state index < -0.39 is 5.97 Å². The summed E-state index contributed by atoms with van der Waals surface area (Å²) in [5, 5.41) is 14.0. The Balaban J connectivity index is 2.10. The summed E-state index contributed by atoms with van der Waals surface area (Å²) in [6.07, 6.45) is 1.39. The van der Waals surface area contributed by atoms with Crippen molar-refractivity contribution in [3.8, 4) is 23.2 Å². The van der Waals surface area contributed by atoms with Crippen molar-refractivity contribution in [3.63, 3.8) is 0 Å². The highest BCUT2D eigenvalue weighted by atomic mass is 16.5. The maximum absolute atomic E-state index is 12.1. The molecule has 1 heterocycles. The Morgan fingerprint density at radius 1 is 1.33 bits per heavy atom. The van der Waals surface area contributed by atoms with E-state index in [1.165, 1.54) is 6.20 Å². The van der Waals surface area contributed by atoms with Gasteiger partial charge in [0.05, 0.1) is 37.4 Å². The molecule has 152 valence electrons. The molecule has 0 amide bonds. The van der Waals surface area contributed by atoms with E-state index in [4.69, 9.17) is 20.5 Å². The van der Waals surface area contributed by atoms with Crippen molar-refractivity contribution in [1.82, 2.24) is 9.97 Å². The smallest absolute Gasteiger partial charge is 0.359 e. The van der Waals surface area contributed by atoms with Gasteiger partial charge in [-0.2, -0.15) is 5.26 Å². The van der Waals surface area contributed by atoms with Crippen LogP contribution in [0.25, 0.3) is 22.2 Å². The summed E-state index contributed by atoms with van der Waals surface area (Å²) in [5.41, 5.74) is 7.81. The van der Waals surface area contributed by atoms with Crippen LogP contribution in [-0.4, -0.2) is 36.2 Å². The second-order valence-corrected chi connectivity index (χ2v) is 6.37. The first-order valence-corrected chi connectivity index (χ1v) is 9.21. The third-order valence-electron chi connectivity index (χ3n) is 4.38. The zero-order valence-corrected chi connectivity index (χ0v) is 16.7. The molecule has 0 bridgehead atoms. The molecule has 0 spiro atoms. The first-order valence-electron chi connectivity index (χ1n) is 9.21. The molecule has 0 atom stereocenters. The molecule has 3 N–H and O–H groups in total. The lowest BCUT2D eigenvalue weighted by Gasteiger charge is -2.15. The highest BCUT2D eigenvalue weighted by molar-refractivity contribution is 5.99. The van der Waals surface area contributed by atoms with Gasteiger partial charge in [-0.1, -0.05) is 24.8 Å². The average molecular weight is 403 g/mol. The van der Waals surface area contributed by atoms with Gasteiger partial charge in [-0.05, 0) is 24.4 Å². The van der Waals surface area contributed by atoms with Gasteiger partial charge in [0.1, 0.15) is 5.75 Å². The Labute approximate surface area is 174 Å². The minimum Gasteiger partial charge on any atom is -0.495 e. The number of benzene rings is 2. The van der Waals surface area contributed by atoms with Crippen molar-refractivity contribution in [1.29, 1.82) is 5.26 Å². The Kier molecular flexibility index (Phi) is 6.13. The number of nitrogens with one attached hydrogen (secondary N) is 1. The van der Waals surface area contributed by atoms with Gasteiger partial charge in [0.25, 0.3) is 0 Å². The van der Waals surface area contributed by atoms with Crippen LogP contribution in [0.2, 0.25) is 0 Å². The molecular formula is C22H21N5O3. The molecule has 2 aromatic carbocycles. The second kappa shape index (κ2) is 8.92. The van der Waals surface area contributed by atoms with Gasteiger partial charge < -0.3 is 20.5 Å². The van der Waals surface area contributed by atoms with Crippen molar-refractivity contribution < 1.29 is 14.3 Å². The fourth-order valence-electron chi connectivity index (χ4n) is 2.92. The van der Waals surface area contributed by atoms with Crippen LogP contribution < -0.4 is 15.8 Å². The van der Waals surface area contributed by atoms with Crippen LogP contribution in [0.3, 0.4) is 0 Å². The number of ether oxygens (including phenoxy) is 2. The number of carbonyl (C=O) groups is 1. The normalized spacial score (nSPS) is 10.3. The van der Waals surface area contributed by atoms with Crippen LogP contribution in [0.15, 0.2) is 48.7 Å². The number of anilines is 2. The predicted octanol–water partition coefficient (Wildman–Crippen LogP) is 3.56. The largest absolute Gasteiger partial charge is 0.495 e. The minimum absolute atomic E-state index is 0.0243. The Bertz CT molecular complexity index is 1170. The van der Waals surface area contributed by atoms with Crippen molar-refractivity contribution in [3.05, 3.63) is 54.4 Å². The molecule has 3 aromatic rings. The topological polar surface area (TPSA) is 123 Å². The van der Waals surface area contributed by atoms with Crippen LogP contribution in [0.4, 0.5) is 11.4 Å². The summed E-state index contributed by atoms with van der Waals surface area (Å²) in [4.78, 5) is 20.7. The molecule has 3 rings (SSSR count). The molecule has 8 nitrogen and oxygen atoms in total. The van der Waals surface area contributed by atoms with Gasteiger partial charge >= 0.3 is 5.97 Å². The zero-order valence-electron chi connectivity index (χ0n) is 16.7. The van der Waals surface area contributed by atoms with E-state index in [1.54, 1.807) is 14.0 Å². The third-order valence-corrected chi connectivity index (χ3v) is 4.38. The summed E-state index contributed by atoms with van der Waals surface area (Å²) in [6, 6.07) is 11.4. The molecule has 0 radical (unpaired) electrons. The molecule has 0 unspecified atom stereocenters. The monoisotopic (exact) mass is 403 g/mol. The van der Waals surface area contributed by atoms with Crippen molar-refractivity contribution in [2.45, 2.75) is 6.92 Å². The number of methoxy groups -OCH3 is 1. The van der Waals surface area contributed by atoms with Crippen molar-refractivity contribution in [2.75, 3.05) is 31.3 Å². The SMILES string of the molecule is C=C(C#N)CNc1c(OC)ccc2ccc(-c3ncc(N)c(C(=O)OCC)n3)cc12. The van der Waals surface area contributed by atoms with E-state index in [0.29, 0.717) is 28.4 Å². The highest BCUT2D eigenvalue weighted by Crippen LogP contribution is 2.35. The Morgan fingerprint density at radius 2 is 2.10 bits per heavy atom. The van der Waals surface area contributed by atoms with Gasteiger partial charge in [-0.15, -0.1) is 0 Å². The van der Waals surface area contributed by atoms with Crippen LogP contribution in [0.1, 0.15) is 17.4 Å². The number of nitrogens with zero attached hydrogens (tertiary/aromatic N) is 3. The predicted molar refractivity (Wildman–Crippen MR) is 115 cm³/mol. The molecule has 1 aromatic heterocycles. The zero-order chi connectivity index (χ0) is 21.7. The standard InChI is InChI=1S/C22H21N5O3/c1-4-30-22(28)20-17(24)12-26-21(27-20)15-6-5-14-7-8-18(29-3)19(16(14)9-15)25-11-13(2)10-23/h5-9,12,25H,2,4,11,24H2,1,3H3. The first-order chi connectivity index (χ1) is 14.5. The third kappa shape index (κ3) is 4.15. The van der Waals surface area contributed by atoms with Crippen molar-refractivity contribution in [2.24, 2.45) is 0 Å². The van der Waals surface area contributed by atoms with Gasteiger partial charge in [0.15, 0.2) is 11.5 Å². The van der Waals surface area contributed by atoms with Gasteiger partial charge in [-0.3, -0.25) is 0 Å². The maximum atomic E-state index is 12.1. The number of hydrogen-bond acceptors (Lipinski definition) is 8. The summed E-state index contributed by atoms with van der Waals surface area (Å²) in [6.45, 7) is 5.91. The van der Waals surface area contributed by atoms with Crippen LogP contribution in [0.5, 0.6) is 5.75 Å². The fourth-order valence-corrected chi connectivity index (χ4v) is 2.92. The van der Waals surface area contributed by atoms with E-state index in [2.05, 4.69) is 21.9 Å². The van der Waals surface area contributed by atoms with Gasteiger partial charge in [-0.25, -0.2) is 14.8 Å². The van der Waals surface area contributed by atoms with Crippen molar-refractivity contribution >= 4 is 28.1 Å². The number of nitriles is 1. The van der Waals surface area contributed by atoms with E-state index in [9.17, 15) is 4.79 Å². The number of esters is 1. The molecule has 0 aliphatic carbocycles. The number of hydrogen-bond donors (Lipinski definition) is 2. The van der Waals surface area contributed by atoms with Gasteiger partial charge in [0, 0.05) is 23.1 Å². The minimum atomic E-state index is -0.599. The van der Waals surface area contributed by atoms with E-state index in [1.807, 2.05) is 36.4 Å². The number of nitrogens with two attached hydrogens (primary N) is 1. The molecule has 0 aliphatic heterocycles. The second-order valence-electron chi connectivity index (χ2n) is 6.37. The summed E-state index contributed by atoms with van der Waals surface area (Å²) in [5.74, 6) is 0.360. The fraction of sp³-hybridized carbons (Fsp3) is 0.182. The number of rotatable bonds is 7. The molecule has 0 fully saturated rings. The molecule has 30 heavy (non-hydrogen) atoms. The molecule has 0 saturated heterocycles. The number of carbonyl (C=O) groups excluding carboxylic acids is 1. The number of nitrogen functional groups attached to an aromatic ring is 1. The number of aromatic nitrogens is 2. The van der Waals surface area contributed by atoms with Gasteiger partial charge in [0.2, 0.25) is 0 Å². The Morgan fingerprint density at radius 3 is 2.80 bits per heavy atom. The lowest BCUT2D eigenvalue weighted by atomic mass is 10.0. The average Bonchev–Trinajstić information content (AvgIpc) is 2.77. The molecule has 0 aliphatic rings. The summed E-state index contributed by atoms with van der Waals surface area (Å²) >= 11 is 0. The van der Waals surface area contributed by atoms with Crippen LogP contribution in [0, 0.1) is 11.3 Å². The van der Waals surface area contributed by atoms with E-state index >= 15 is 0 Å². The maximum Gasteiger partial charge on any atom is 0.359 e. The Hall–Kier alpha value is -4.12. The molecule has 0 saturated carbocycles. The quantitative estimate of drug-likeness (QED) is 0.453. The lowest BCUT2D eigenvalue weighted by Crippen LogP contribution is -2.12. The van der Waals surface area contributed by atoms with Crippen LogP contribution >= 0.6 is 0 Å². The van der Waals surface area contributed by atoms with E-state index in [-0.39, 0.29) is 24.5 Å². The molecule has 8 heteroatoms. The highest BCUT2D eigenvalue weighted by Gasteiger charge is 2.16. The number of fused-ring (bicyclic) bond motifs is 1. The summed E-state index contributed by atoms with van der Waals surface area (Å²) < 4.78 is 10.5. The van der Waals surface area contributed by atoms with Crippen LogP contribution in [-0.2, 0) is 4.74 Å². The molecular weight excluding hydrogens is 382 g/mol. The summed E-state index contributed by atoms with van der Waals surface area (Å²) in [7, 11) is 1.57. The van der Waals surface area contributed by atoms with E-state index in [0.717, 1.165) is 10.8 Å². The lowest BCUT2D eigenvalue weighted by molar-refractivity contribution is 0.0521.